The standard InChI is InChI=1S/C20H35F2N3O4/c1-13(2)11-28-16(26)19(6,7)8-9-25-15-14(10-23-25)24(12-20(15,21)22)17(27)29-18(3,4)5/h13-15,23H,8-12H2,1-7H3. The molecule has 0 saturated carbocycles. The highest BCUT2D eigenvalue weighted by molar-refractivity contribution is 5.75. The van der Waals surface area contributed by atoms with Crippen LogP contribution in [0.15, 0.2) is 0 Å². The molecule has 0 aromatic rings. The zero-order valence-corrected chi connectivity index (χ0v) is 18.6. The number of alkyl halides is 2. The number of nitrogens with zero attached hydrogens (tertiary/aromatic N) is 2. The summed E-state index contributed by atoms with van der Waals surface area (Å²) in [5, 5.41) is 1.46. The van der Waals surface area contributed by atoms with Gasteiger partial charge in [0.2, 0.25) is 0 Å². The van der Waals surface area contributed by atoms with Crippen LogP contribution in [0, 0.1) is 11.3 Å². The van der Waals surface area contributed by atoms with Crippen LogP contribution in [0.5, 0.6) is 0 Å². The molecule has 9 heteroatoms. The van der Waals surface area contributed by atoms with E-state index in [9.17, 15) is 18.4 Å². The summed E-state index contributed by atoms with van der Waals surface area (Å²) >= 11 is 0. The van der Waals surface area contributed by atoms with E-state index in [4.69, 9.17) is 9.47 Å². The number of rotatable bonds is 6. The topological polar surface area (TPSA) is 71.1 Å². The maximum Gasteiger partial charge on any atom is 0.410 e. The number of fused-ring (bicyclic) bond motifs is 1. The number of likely N-dealkylation sites (tertiary alicyclic amines) is 1. The van der Waals surface area contributed by atoms with Crippen molar-refractivity contribution in [2.24, 2.45) is 11.3 Å². The van der Waals surface area contributed by atoms with Crippen molar-refractivity contribution in [1.82, 2.24) is 15.3 Å². The molecule has 2 heterocycles. The van der Waals surface area contributed by atoms with Crippen LogP contribution in [0.3, 0.4) is 0 Å². The Morgan fingerprint density at radius 1 is 1.21 bits per heavy atom. The zero-order valence-electron chi connectivity index (χ0n) is 18.6. The molecule has 2 aliphatic rings. The highest BCUT2D eigenvalue weighted by Crippen LogP contribution is 2.39. The number of carbonyl (C=O) groups is 2. The SMILES string of the molecule is CC(C)COC(=O)C(C)(C)CCN1NCC2C1C(F)(F)CN2C(=O)OC(C)(C)C. The molecule has 0 aromatic carbocycles. The van der Waals surface area contributed by atoms with Crippen molar-refractivity contribution in [3.8, 4) is 0 Å². The minimum Gasteiger partial charge on any atom is -0.465 e. The predicted molar refractivity (Wildman–Crippen MR) is 104 cm³/mol. The van der Waals surface area contributed by atoms with Crippen LogP contribution in [0.25, 0.3) is 0 Å². The average Bonchev–Trinajstić information content (AvgIpc) is 3.09. The van der Waals surface area contributed by atoms with E-state index >= 15 is 0 Å². The Labute approximate surface area is 172 Å². The molecule has 7 nitrogen and oxygen atoms in total. The van der Waals surface area contributed by atoms with E-state index in [1.54, 1.807) is 34.6 Å². The summed E-state index contributed by atoms with van der Waals surface area (Å²) in [6.07, 6.45) is -0.381. The third-order valence-corrected chi connectivity index (χ3v) is 5.12. The van der Waals surface area contributed by atoms with Gasteiger partial charge >= 0.3 is 12.1 Å². The first-order valence-electron chi connectivity index (χ1n) is 10.2. The molecule has 0 radical (unpaired) electrons. The molecule has 1 N–H and O–H groups in total. The van der Waals surface area contributed by atoms with Crippen molar-refractivity contribution in [1.29, 1.82) is 0 Å². The first kappa shape index (κ1) is 23.8. The van der Waals surface area contributed by atoms with Crippen molar-refractivity contribution >= 4 is 12.1 Å². The van der Waals surface area contributed by atoms with Gasteiger partial charge in [0.05, 0.1) is 24.6 Å². The summed E-state index contributed by atoms with van der Waals surface area (Å²) in [6, 6.07) is -1.84. The lowest BCUT2D eigenvalue weighted by atomic mass is 9.89. The third kappa shape index (κ3) is 5.78. The molecule has 0 aromatic heterocycles. The Morgan fingerprint density at radius 3 is 2.38 bits per heavy atom. The number of hydrogen-bond donors (Lipinski definition) is 1. The molecule has 0 aliphatic carbocycles. The lowest BCUT2D eigenvalue weighted by Crippen LogP contribution is -2.49. The van der Waals surface area contributed by atoms with E-state index < -0.39 is 41.7 Å². The highest BCUT2D eigenvalue weighted by atomic mass is 19.3. The molecule has 2 aliphatic heterocycles. The fourth-order valence-electron chi connectivity index (χ4n) is 3.53. The second-order valence-corrected chi connectivity index (χ2v) is 10.1. The Morgan fingerprint density at radius 2 is 1.83 bits per heavy atom. The molecular formula is C20H35F2N3O4. The number of esters is 1. The number of carbonyl (C=O) groups excluding carboxylic acids is 2. The van der Waals surface area contributed by atoms with Crippen LogP contribution in [0.4, 0.5) is 13.6 Å². The summed E-state index contributed by atoms with van der Waals surface area (Å²) in [7, 11) is 0. The summed E-state index contributed by atoms with van der Waals surface area (Å²) in [5.74, 6) is -3.19. The van der Waals surface area contributed by atoms with Gasteiger partial charge in [-0.25, -0.2) is 18.6 Å². The average molecular weight is 420 g/mol. The summed E-state index contributed by atoms with van der Waals surface area (Å²) in [4.78, 5) is 25.8. The van der Waals surface area contributed by atoms with Crippen molar-refractivity contribution in [2.45, 2.75) is 78.5 Å². The Hall–Kier alpha value is -1.48. The van der Waals surface area contributed by atoms with E-state index in [0.29, 0.717) is 13.0 Å². The van der Waals surface area contributed by atoms with Gasteiger partial charge in [0.25, 0.3) is 5.92 Å². The Bertz CT molecular complexity index is 619. The molecule has 1 amide bonds. The third-order valence-electron chi connectivity index (χ3n) is 5.12. The molecule has 2 saturated heterocycles. The molecule has 2 atom stereocenters. The van der Waals surface area contributed by atoms with Crippen LogP contribution in [0.1, 0.15) is 54.9 Å². The number of hydrogen-bond acceptors (Lipinski definition) is 6. The van der Waals surface area contributed by atoms with Crippen molar-refractivity contribution in [2.75, 3.05) is 26.2 Å². The second-order valence-electron chi connectivity index (χ2n) is 10.1. The van der Waals surface area contributed by atoms with Crippen LogP contribution < -0.4 is 5.43 Å². The largest absolute Gasteiger partial charge is 0.465 e. The predicted octanol–water partition coefficient (Wildman–Crippen LogP) is 3.05. The molecule has 29 heavy (non-hydrogen) atoms. The van der Waals surface area contributed by atoms with Crippen molar-refractivity contribution in [3.63, 3.8) is 0 Å². The fraction of sp³-hybridized carbons (Fsp3) is 0.900. The van der Waals surface area contributed by atoms with Crippen molar-refractivity contribution < 1.29 is 27.8 Å². The van der Waals surface area contributed by atoms with Gasteiger partial charge in [-0.15, -0.1) is 0 Å². The normalized spacial score (nSPS) is 24.7. The van der Waals surface area contributed by atoms with Gasteiger partial charge < -0.3 is 9.47 Å². The van der Waals surface area contributed by atoms with E-state index in [1.165, 1.54) is 5.01 Å². The Balaban J connectivity index is 2.01. The molecule has 2 rings (SSSR count). The lowest BCUT2D eigenvalue weighted by Gasteiger charge is -2.30. The molecule has 168 valence electrons. The van der Waals surface area contributed by atoms with Gasteiger partial charge in [0.1, 0.15) is 11.6 Å². The van der Waals surface area contributed by atoms with E-state index in [0.717, 1.165) is 4.90 Å². The molecule has 0 bridgehead atoms. The quantitative estimate of drug-likeness (QED) is 0.668. The maximum atomic E-state index is 14.8. The lowest BCUT2D eigenvalue weighted by molar-refractivity contribution is -0.156. The number of hydrazine groups is 1. The van der Waals surface area contributed by atoms with Crippen LogP contribution >= 0.6 is 0 Å². The maximum absolute atomic E-state index is 14.8. The summed E-state index contributed by atoms with van der Waals surface area (Å²) in [5.41, 5.74) is 1.42. The smallest absolute Gasteiger partial charge is 0.410 e. The summed E-state index contributed by atoms with van der Waals surface area (Å²) < 4.78 is 40.1. The number of ether oxygens (including phenoxy) is 2. The van der Waals surface area contributed by atoms with Gasteiger partial charge in [0, 0.05) is 13.1 Å². The van der Waals surface area contributed by atoms with Gasteiger partial charge in [0.15, 0.2) is 0 Å². The molecule has 2 unspecified atom stereocenters. The number of nitrogens with one attached hydrogen (secondary N) is 1. The monoisotopic (exact) mass is 419 g/mol. The van der Waals surface area contributed by atoms with E-state index in [1.807, 2.05) is 13.8 Å². The van der Waals surface area contributed by atoms with E-state index in [-0.39, 0.29) is 25.0 Å². The fourth-order valence-corrected chi connectivity index (χ4v) is 3.53. The van der Waals surface area contributed by atoms with Crippen molar-refractivity contribution in [3.05, 3.63) is 0 Å². The first-order chi connectivity index (χ1) is 13.1. The number of amides is 1. The first-order valence-corrected chi connectivity index (χ1v) is 10.2. The minimum absolute atomic E-state index is 0.220. The van der Waals surface area contributed by atoms with Gasteiger partial charge in [-0.05, 0) is 47.0 Å². The number of halogens is 2. The van der Waals surface area contributed by atoms with E-state index in [2.05, 4.69) is 5.43 Å². The molecule has 0 spiro atoms. The summed E-state index contributed by atoms with van der Waals surface area (Å²) in [6.45, 7) is 12.6. The Kier molecular flexibility index (Phi) is 6.84. The van der Waals surface area contributed by atoms with Gasteiger partial charge in [-0.1, -0.05) is 13.8 Å². The highest BCUT2D eigenvalue weighted by Gasteiger charge is 2.61. The molecule has 2 fully saturated rings. The van der Waals surface area contributed by atoms with Crippen LogP contribution in [0.2, 0.25) is 0 Å². The van der Waals surface area contributed by atoms with Gasteiger partial charge in [-0.3, -0.25) is 15.1 Å². The zero-order chi connectivity index (χ0) is 22.2. The van der Waals surface area contributed by atoms with Crippen LogP contribution in [-0.4, -0.2) is 71.8 Å². The second kappa shape index (κ2) is 8.34. The van der Waals surface area contributed by atoms with Gasteiger partial charge in [-0.2, -0.15) is 0 Å². The molecular weight excluding hydrogens is 384 g/mol. The minimum atomic E-state index is -3.08. The van der Waals surface area contributed by atoms with Crippen LogP contribution in [-0.2, 0) is 14.3 Å².